The predicted molar refractivity (Wildman–Crippen MR) is 100 cm³/mol. The highest BCUT2D eigenvalue weighted by Crippen LogP contribution is 2.30. The summed E-state index contributed by atoms with van der Waals surface area (Å²) in [4.78, 5) is 3.71. The highest BCUT2D eigenvalue weighted by Gasteiger charge is 2.30. The Morgan fingerprint density at radius 2 is 1.93 bits per heavy atom. The smallest absolute Gasteiger partial charge is 0.212 e. The molecule has 1 N–H and O–H groups in total. The molecule has 0 saturated heterocycles. The number of hydrogen-bond donors (Lipinski definition) is 1. The topological polar surface area (TPSA) is 59.1 Å². The lowest BCUT2D eigenvalue weighted by Crippen LogP contribution is -2.35. The second-order valence-electron chi connectivity index (χ2n) is 6.56. The lowest BCUT2D eigenvalue weighted by Gasteiger charge is -2.25. The fourth-order valence-electron chi connectivity index (χ4n) is 2.54. The zero-order chi connectivity index (χ0) is 20.4. The fourth-order valence-corrected chi connectivity index (χ4v) is 3.89. The van der Waals surface area contributed by atoms with Crippen molar-refractivity contribution in [1.29, 1.82) is 0 Å². The molecule has 27 heavy (non-hydrogen) atoms. The average Bonchev–Trinajstić information content (AvgIpc) is 2.58. The number of rotatable bonds is 6. The van der Waals surface area contributed by atoms with E-state index in [1.54, 1.807) is 13.8 Å². The Balaban J connectivity index is 2.43. The van der Waals surface area contributed by atoms with E-state index in [2.05, 4.69) is 9.71 Å². The summed E-state index contributed by atoms with van der Waals surface area (Å²) in [7, 11) is -2.33. The van der Waals surface area contributed by atoms with Crippen LogP contribution in [0.4, 0.5) is 13.2 Å². The monoisotopic (exact) mass is 418 g/mol. The van der Waals surface area contributed by atoms with Gasteiger partial charge < -0.3 is 0 Å². The van der Waals surface area contributed by atoms with Gasteiger partial charge in [0.05, 0.1) is 10.8 Å². The van der Waals surface area contributed by atoms with E-state index in [-0.39, 0.29) is 27.6 Å². The Morgan fingerprint density at radius 1 is 1.26 bits per heavy atom. The van der Waals surface area contributed by atoms with Gasteiger partial charge in [0.15, 0.2) is 0 Å². The molecular formula is C18H18ClF3N2O2S. The van der Waals surface area contributed by atoms with Crippen LogP contribution in [-0.2, 0) is 15.4 Å². The summed E-state index contributed by atoms with van der Waals surface area (Å²) in [6.45, 7) is 3.14. The van der Waals surface area contributed by atoms with Gasteiger partial charge in [-0.2, -0.15) is 0 Å². The molecule has 2 rings (SSSR count). The first-order chi connectivity index (χ1) is 12.4. The summed E-state index contributed by atoms with van der Waals surface area (Å²) in [5.41, 5.74) is -0.953. The van der Waals surface area contributed by atoms with Crippen LogP contribution in [0.25, 0.3) is 11.9 Å². The Morgan fingerprint density at radius 3 is 2.52 bits per heavy atom. The molecule has 0 amide bonds. The molecule has 4 nitrogen and oxygen atoms in total. The number of benzene rings is 1. The van der Waals surface area contributed by atoms with E-state index in [1.807, 2.05) is 0 Å². The molecule has 0 atom stereocenters. The summed E-state index contributed by atoms with van der Waals surface area (Å²) < 4.78 is 68.0. The Bertz CT molecular complexity index is 992. The number of hydrogen-bond acceptors (Lipinski definition) is 3. The van der Waals surface area contributed by atoms with Gasteiger partial charge in [0.2, 0.25) is 10.0 Å². The molecule has 0 radical (unpaired) electrons. The number of pyridine rings is 1. The zero-order valence-electron chi connectivity index (χ0n) is 14.9. The van der Waals surface area contributed by atoms with Crippen LogP contribution in [0.3, 0.4) is 0 Å². The third kappa shape index (κ3) is 5.31. The van der Waals surface area contributed by atoms with Crippen molar-refractivity contribution in [3.8, 4) is 0 Å². The van der Waals surface area contributed by atoms with E-state index in [0.717, 1.165) is 24.4 Å². The van der Waals surface area contributed by atoms with E-state index in [1.165, 1.54) is 19.2 Å². The number of aromatic nitrogens is 1. The van der Waals surface area contributed by atoms with Gasteiger partial charge in [-0.15, -0.1) is 0 Å². The molecule has 0 saturated carbocycles. The van der Waals surface area contributed by atoms with Crippen molar-refractivity contribution >= 4 is 33.5 Å². The van der Waals surface area contributed by atoms with E-state index in [4.69, 9.17) is 11.6 Å². The summed E-state index contributed by atoms with van der Waals surface area (Å²) in [6, 6.07) is 4.65. The molecular weight excluding hydrogens is 401 g/mol. The second-order valence-corrected chi connectivity index (χ2v) is 8.90. The number of nitrogens with zero attached hydrogens (tertiary/aromatic N) is 1. The molecule has 0 fully saturated rings. The van der Waals surface area contributed by atoms with Crippen LogP contribution < -0.4 is 4.72 Å². The zero-order valence-corrected chi connectivity index (χ0v) is 16.4. The van der Waals surface area contributed by atoms with E-state index < -0.39 is 32.9 Å². The molecule has 1 aromatic carbocycles. The third-order valence-electron chi connectivity index (χ3n) is 3.93. The molecule has 0 bridgehead atoms. The molecule has 146 valence electrons. The normalized spacial score (nSPS) is 13.1. The van der Waals surface area contributed by atoms with Crippen molar-refractivity contribution in [2.24, 2.45) is 0 Å². The van der Waals surface area contributed by atoms with Crippen LogP contribution in [0.2, 0.25) is 5.02 Å². The van der Waals surface area contributed by atoms with Gasteiger partial charge in [-0.1, -0.05) is 31.5 Å². The van der Waals surface area contributed by atoms with Crippen LogP contribution in [0, 0.1) is 11.6 Å². The Hall–Kier alpha value is -1.90. The van der Waals surface area contributed by atoms with Gasteiger partial charge in [-0.25, -0.2) is 26.3 Å². The molecule has 2 aromatic rings. The van der Waals surface area contributed by atoms with Crippen LogP contribution in [0.15, 0.2) is 30.5 Å². The average molecular weight is 419 g/mol. The van der Waals surface area contributed by atoms with E-state index in [0.29, 0.717) is 0 Å². The number of nitrogens with one attached hydrogen (secondary N) is 1. The van der Waals surface area contributed by atoms with Gasteiger partial charge in [0.25, 0.3) is 0 Å². The molecule has 0 unspecified atom stereocenters. The van der Waals surface area contributed by atoms with Crippen LogP contribution >= 0.6 is 11.6 Å². The lowest BCUT2D eigenvalue weighted by molar-refractivity contribution is 0.509. The highest BCUT2D eigenvalue weighted by molar-refractivity contribution is 7.89. The van der Waals surface area contributed by atoms with Crippen LogP contribution in [0.1, 0.15) is 30.7 Å². The second kappa shape index (κ2) is 8.00. The summed E-state index contributed by atoms with van der Waals surface area (Å²) in [6.07, 6.45) is 2.04. The molecule has 0 aliphatic heterocycles. The van der Waals surface area contributed by atoms with Crippen molar-refractivity contribution in [2.45, 2.75) is 19.3 Å². The minimum Gasteiger partial charge on any atom is -0.252 e. The Kier molecular flexibility index (Phi) is 6.34. The van der Waals surface area contributed by atoms with Gasteiger partial charge >= 0.3 is 0 Å². The molecule has 0 spiro atoms. The van der Waals surface area contributed by atoms with Gasteiger partial charge in [0, 0.05) is 17.7 Å². The fraction of sp³-hybridized carbons (Fsp3) is 0.278. The standard InChI is InChI=1S/C18H18ClF3N2O2S/c1-18(2,10-27(25,26)23-3)12-6-11(4-5-14(12)20)7-16(22)17-8-15(21)13(19)9-24-17/h4-9,23H,10H2,1-3H3/b16-7-. The Labute approximate surface area is 161 Å². The first kappa shape index (κ1) is 21.4. The number of sulfonamides is 1. The molecule has 1 aromatic heterocycles. The first-order valence-corrected chi connectivity index (χ1v) is 9.88. The SMILES string of the molecule is CNS(=O)(=O)CC(C)(C)c1cc(/C=C(\F)c2cc(F)c(Cl)cn2)ccc1F. The maximum Gasteiger partial charge on any atom is 0.212 e. The predicted octanol–water partition coefficient (Wildman–Crippen LogP) is 4.31. The molecule has 1 heterocycles. The maximum absolute atomic E-state index is 14.4. The molecule has 9 heteroatoms. The summed E-state index contributed by atoms with van der Waals surface area (Å²) in [5, 5.41) is -0.233. The first-order valence-electron chi connectivity index (χ1n) is 7.85. The molecule has 0 aliphatic rings. The van der Waals surface area contributed by atoms with Crippen molar-refractivity contribution in [3.63, 3.8) is 0 Å². The highest BCUT2D eigenvalue weighted by atomic mass is 35.5. The van der Waals surface area contributed by atoms with Crippen molar-refractivity contribution in [2.75, 3.05) is 12.8 Å². The van der Waals surface area contributed by atoms with Crippen LogP contribution in [-0.4, -0.2) is 26.2 Å². The minimum atomic E-state index is -3.60. The number of halogens is 4. The van der Waals surface area contributed by atoms with Gasteiger partial charge in [-0.05, 0) is 36.4 Å². The van der Waals surface area contributed by atoms with Gasteiger partial charge in [0.1, 0.15) is 23.2 Å². The van der Waals surface area contributed by atoms with Crippen molar-refractivity contribution in [3.05, 3.63) is 63.9 Å². The quantitative estimate of drug-likeness (QED) is 0.760. The van der Waals surface area contributed by atoms with Gasteiger partial charge in [-0.3, -0.25) is 4.98 Å². The lowest BCUT2D eigenvalue weighted by atomic mass is 9.85. The summed E-state index contributed by atoms with van der Waals surface area (Å²) in [5.74, 6) is -2.63. The largest absolute Gasteiger partial charge is 0.252 e. The van der Waals surface area contributed by atoms with E-state index in [9.17, 15) is 21.6 Å². The minimum absolute atomic E-state index is 0.109. The van der Waals surface area contributed by atoms with Crippen LogP contribution in [0.5, 0.6) is 0 Å². The van der Waals surface area contributed by atoms with Crippen molar-refractivity contribution in [1.82, 2.24) is 9.71 Å². The summed E-state index contributed by atoms with van der Waals surface area (Å²) >= 11 is 5.52. The maximum atomic E-state index is 14.4. The third-order valence-corrected chi connectivity index (χ3v) is 5.93. The van der Waals surface area contributed by atoms with Crippen molar-refractivity contribution < 1.29 is 21.6 Å². The molecule has 0 aliphatic carbocycles. The van der Waals surface area contributed by atoms with E-state index >= 15 is 0 Å².